The highest BCUT2D eigenvalue weighted by Gasteiger charge is 2.32. The van der Waals surface area contributed by atoms with E-state index in [-0.39, 0.29) is 11.6 Å². The van der Waals surface area contributed by atoms with Gasteiger partial charge in [-0.2, -0.15) is 4.98 Å². The molecule has 0 radical (unpaired) electrons. The fourth-order valence-corrected chi connectivity index (χ4v) is 2.66. The van der Waals surface area contributed by atoms with Crippen LogP contribution >= 0.6 is 0 Å². The van der Waals surface area contributed by atoms with E-state index in [9.17, 15) is 0 Å². The van der Waals surface area contributed by atoms with Gasteiger partial charge in [-0.05, 0) is 39.7 Å². The molecular formula is C14H25N3O2. The predicted molar refractivity (Wildman–Crippen MR) is 72.7 cm³/mol. The maximum Gasteiger partial charge on any atom is 0.246 e. The second-order valence-electron chi connectivity index (χ2n) is 5.89. The van der Waals surface area contributed by atoms with Gasteiger partial charge in [-0.1, -0.05) is 24.4 Å². The zero-order chi connectivity index (χ0) is 13.9. The summed E-state index contributed by atoms with van der Waals surface area (Å²) < 4.78 is 11.0. The van der Waals surface area contributed by atoms with Crippen LogP contribution in [-0.2, 0) is 10.3 Å². The highest BCUT2D eigenvalue weighted by Crippen LogP contribution is 2.35. The second-order valence-corrected chi connectivity index (χ2v) is 5.89. The number of ether oxygens (including phenoxy) is 1. The first-order valence-corrected chi connectivity index (χ1v) is 7.14. The van der Waals surface area contributed by atoms with Crippen LogP contribution in [0.3, 0.4) is 0 Å². The highest BCUT2D eigenvalue weighted by molar-refractivity contribution is 5.02. The zero-order valence-corrected chi connectivity index (χ0v) is 12.4. The molecule has 0 spiro atoms. The van der Waals surface area contributed by atoms with E-state index in [4.69, 9.17) is 9.26 Å². The average molecular weight is 267 g/mol. The average Bonchev–Trinajstić information content (AvgIpc) is 2.91. The van der Waals surface area contributed by atoms with Gasteiger partial charge in [0, 0.05) is 7.11 Å². The summed E-state index contributed by atoms with van der Waals surface area (Å²) >= 11 is 0. The molecule has 5 heteroatoms. The van der Waals surface area contributed by atoms with Gasteiger partial charge < -0.3 is 14.6 Å². The largest absolute Gasteiger partial charge is 0.373 e. The van der Waals surface area contributed by atoms with Crippen molar-refractivity contribution in [2.24, 2.45) is 5.92 Å². The van der Waals surface area contributed by atoms with Gasteiger partial charge >= 0.3 is 0 Å². The third-order valence-electron chi connectivity index (χ3n) is 4.19. The van der Waals surface area contributed by atoms with Crippen LogP contribution in [0.25, 0.3) is 0 Å². The molecule has 1 aliphatic carbocycles. The van der Waals surface area contributed by atoms with Gasteiger partial charge in [-0.25, -0.2) is 0 Å². The summed E-state index contributed by atoms with van der Waals surface area (Å²) in [7, 11) is 3.62. The third-order valence-corrected chi connectivity index (χ3v) is 4.19. The SMILES string of the molecule is CNC(C)(C)c1nc(C(OC)C2CCCCC2)no1. The van der Waals surface area contributed by atoms with E-state index in [0.29, 0.717) is 17.6 Å². The lowest BCUT2D eigenvalue weighted by atomic mass is 9.85. The number of hydrogen-bond donors (Lipinski definition) is 1. The predicted octanol–water partition coefficient (Wildman–Crippen LogP) is 2.79. The van der Waals surface area contributed by atoms with Crippen molar-refractivity contribution in [3.63, 3.8) is 0 Å². The summed E-state index contributed by atoms with van der Waals surface area (Å²) in [6.45, 7) is 4.04. The number of hydrogen-bond acceptors (Lipinski definition) is 5. The number of nitrogens with zero attached hydrogens (tertiary/aromatic N) is 2. The van der Waals surface area contributed by atoms with E-state index < -0.39 is 0 Å². The maximum absolute atomic E-state index is 5.63. The summed E-state index contributed by atoms with van der Waals surface area (Å²) in [5.41, 5.74) is -0.309. The monoisotopic (exact) mass is 267 g/mol. The minimum atomic E-state index is -0.309. The lowest BCUT2D eigenvalue weighted by Gasteiger charge is -2.27. The number of rotatable bonds is 5. The second kappa shape index (κ2) is 6.01. The molecule has 1 aromatic rings. The lowest BCUT2D eigenvalue weighted by Crippen LogP contribution is -2.33. The molecule has 2 rings (SSSR count). The van der Waals surface area contributed by atoms with Crippen LogP contribution in [-0.4, -0.2) is 24.3 Å². The molecule has 19 heavy (non-hydrogen) atoms. The molecule has 5 nitrogen and oxygen atoms in total. The Bertz CT molecular complexity index is 397. The number of nitrogens with one attached hydrogen (secondary N) is 1. The minimum absolute atomic E-state index is 0.0366. The Morgan fingerprint density at radius 1 is 1.32 bits per heavy atom. The van der Waals surface area contributed by atoms with Gasteiger partial charge in [0.1, 0.15) is 6.10 Å². The number of aromatic nitrogens is 2. The summed E-state index contributed by atoms with van der Waals surface area (Å²) in [5, 5.41) is 7.30. The quantitative estimate of drug-likeness (QED) is 0.889. The lowest BCUT2D eigenvalue weighted by molar-refractivity contribution is 0.0273. The van der Waals surface area contributed by atoms with Crippen molar-refractivity contribution in [2.75, 3.05) is 14.2 Å². The topological polar surface area (TPSA) is 60.2 Å². The number of methoxy groups -OCH3 is 1. The maximum atomic E-state index is 5.63. The summed E-state index contributed by atoms with van der Waals surface area (Å²) in [4.78, 5) is 4.53. The van der Waals surface area contributed by atoms with Crippen molar-refractivity contribution < 1.29 is 9.26 Å². The molecular weight excluding hydrogens is 242 g/mol. The standard InChI is InChI=1S/C14H25N3O2/c1-14(2,15-3)13-16-12(17-19-13)11(18-4)10-8-6-5-7-9-10/h10-11,15H,5-9H2,1-4H3. The van der Waals surface area contributed by atoms with Crippen molar-refractivity contribution in [1.29, 1.82) is 0 Å². The Morgan fingerprint density at radius 2 is 2.00 bits per heavy atom. The zero-order valence-electron chi connectivity index (χ0n) is 12.4. The van der Waals surface area contributed by atoms with Crippen molar-refractivity contribution in [3.8, 4) is 0 Å². The molecule has 0 bridgehead atoms. The normalized spacial score (nSPS) is 19.6. The van der Waals surface area contributed by atoms with Crippen molar-refractivity contribution >= 4 is 0 Å². The molecule has 1 saturated carbocycles. The van der Waals surface area contributed by atoms with E-state index in [1.54, 1.807) is 7.11 Å². The van der Waals surface area contributed by atoms with Crippen LogP contribution in [0.4, 0.5) is 0 Å². The first kappa shape index (κ1) is 14.5. The molecule has 0 amide bonds. The molecule has 0 aromatic carbocycles. The Morgan fingerprint density at radius 3 is 2.58 bits per heavy atom. The molecule has 1 atom stereocenters. The molecule has 1 unspecified atom stereocenters. The smallest absolute Gasteiger partial charge is 0.246 e. The Labute approximate surface area is 115 Å². The van der Waals surface area contributed by atoms with E-state index >= 15 is 0 Å². The van der Waals surface area contributed by atoms with Crippen molar-refractivity contribution in [1.82, 2.24) is 15.5 Å². The van der Waals surface area contributed by atoms with E-state index in [1.807, 2.05) is 20.9 Å². The molecule has 1 aromatic heterocycles. The molecule has 108 valence electrons. The fraction of sp³-hybridized carbons (Fsp3) is 0.857. The van der Waals surface area contributed by atoms with Crippen LogP contribution in [0.2, 0.25) is 0 Å². The van der Waals surface area contributed by atoms with E-state index in [0.717, 1.165) is 0 Å². The Kier molecular flexibility index (Phi) is 4.58. The van der Waals surface area contributed by atoms with Crippen LogP contribution < -0.4 is 5.32 Å². The van der Waals surface area contributed by atoms with Gasteiger partial charge in [0.2, 0.25) is 11.7 Å². The summed E-state index contributed by atoms with van der Waals surface area (Å²) in [5.74, 6) is 1.82. The fourth-order valence-electron chi connectivity index (χ4n) is 2.66. The van der Waals surface area contributed by atoms with E-state index in [1.165, 1.54) is 32.1 Å². The van der Waals surface area contributed by atoms with Gasteiger partial charge in [-0.3, -0.25) is 0 Å². The summed E-state index contributed by atoms with van der Waals surface area (Å²) in [6, 6.07) is 0. The summed E-state index contributed by atoms with van der Waals surface area (Å²) in [6.07, 6.45) is 6.23. The van der Waals surface area contributed by atoms with Gasteiger partial charge in [0.25, 0.3) is 0 Å². The third kappa shape index (κ3) is 3.15. The first-order chi connectivity index (χ1) is 9.08. The van der Waals surface area contributed by atoms with Gasteiger partial charge in [-0.15, -0.1) is 0 Å². The Hall–Kier alpha value is -0.940. The first-order valence-electron chi connectivity index (χ1n) is 7.14. The van der Waals surface area contributed by atoms with Gasteiger partial charge in [0.05, 0.1) is 5.54 Å². The molecule has 0 aliphatic heterocycles. The molecule has 0 saturated heterocycles. The van der Waals surface area contributed by atoms with Crippen LogP contribution in [0, 0.1) is 5.92 Å². The van der Waals surface area contributed by atoms with Crippen molar-refractivity contribution in [2.45, 2.75) is 57.6 Å². The highest BCUT2D eigenvalue weighted by atomic mass is 16.5. The molecule has 1 aliphatic rings. The van der Waals surface area contributed by atoms with Crippen LogP contribution in [0.5, 0.6) is 0 Å². The molecule has 1 heterocycles. The minimum Gasteiger partial charge on any atom is -0.373 e. The van der Waals surface area contributed by atoms with E-state index in [2.05, 4.69) is 15.5 Å². The van der Waals surface area contributed by atoms with Crippen LogP contribution in [0.1, 0.15) is 63.8 Å². The molecule has 1 N–H and O–H groups in total. The van der Waals surface area contributed by atoms with Gasteiger partial charge in [0.15, 0.2) is 0 Å². The van der Waals surface area contributed by atoms with Crippen molar-refractivity contribution in [3.05, 3.63) is 11.7 Å². The Balaban J connectivity index is 2.15. The van der Waals surface area contributed by atoms with Crippen LogP contribution in [0.15, 0.2) is 4.52 Å². The molecule has 1 fully saturated rings.